The summed E-state index contributed by atoms with van der Waals surface area (Å²) < 4.78 is 11.3. The van der Waals surface area contributed by atoms with Crippen LogP contribution in [0.5, 0.6) is 0 Å². The summed E-state index contributed by atoms with van der Waals surface area (Å²) in [6.07, 6.45) is 5.07. The second-order valence-electron chi connectivity index (χ2n) is 6.70. The molecule has 3 saturated heterocycles. The molecule has 112 valence electrons. The van der Waals surface area contributed by atoms with Gasteiger partial charge in [-0.1, -0.05) is 0 Å². The fourth-order valence-electron chi connectivity index (χ4n) is 3.86. The van der Waals surface area contributed by atoms with E-state index in [4.69, 9.17) is 9.47 Å². The number of carbonyl (C=O) groups is 1. The lowest BCUT2D eigenvalue weighted by Gasteiger charge is -2.37. The Hall–Kier alpha value is -0.650. The molecule has 3 aliphatic heterocycles. The quantitative estimate of drug-likeness (QED) is 0.754. The van der Waals surface area contributed by atoms with E-state index >= 15 is 0 Å². The van der Waals surface area contributed by atoms with Gasteiger partial charge >= 0.3 is 0 Å². The van der Waals surface area contributed by atoms with Gasteiger partial charge in [-0.2, -0.15) is 0 Å². The number of rotatable bonds is 3. The van der Waals surface area contributed by atoms with Gasteiger partial charge in [0.2, 0.25) is 5.91 Å². The van der Waals surface area contributed by atoms with Crippen LogP contribution in [-0.4, -0.2) is 73.3 Å². The van der Waals surface area contributed by atoms with Crippen molar-refractivity contribution in [3.05, 3.63) is 0 Å². The molecule has 0 aromatic rings. The van der Waals surface area contributed by atoms with Crippen LogP contribution in [0, 0.1) is 5.92 Å². The average Bonchev–Trinajstić information content (AvgIpc) is 3.19. The molecule has 3 heterocycles. The molecule has 1 saturated carbocycles. The molecular formula is C15H24N2O3. The van der Waals surface area contributed by atoms with Crippen molar-refractivity contribution in [2.45, 2.75) is 43.9 Å². The van der Waals surface area contributed by atoms with Crippen LogP contribution < -0.4 is 0 Å². The van der Waals surface area contributed by atoms with Gasteiger partial charge < -0.3 is 14.4 Å². The third-order valence-corrected chi connectivity index (χ3v) is 5.27. The van der Waals surface area contributed by atoms with Crippen molar-refractivity contribution in [3.8, 4) is 0 Å². The Kier molecular flexibility index (Phi) is 3.44. The molecule has 0 N–H and O–H groups in total. The first-order chi connectivity index (χ1) is 9.81. The average molecular weight is 280 g/mol. The third kappa shape index (κ3) is 2.47. The van der Waals surface area contributed by atoms with Gasteiger partial charge in [-0.05, 0) is 31.6 Å². The summed E-state index contributed by atoms with van der Waals surface area (Å²) >= 11 is 0. The van der Waals surface area contributed by atoms with E-state index in [-0.39, 0.29) is 18.6 Å². The van der Waals surface area contributed by atoms with Crippen molar-refractivity contribution in [2.75, 3.05) is 39.5 Å². The number of likely N-dealkylation sites (tertiary alicyclic amines) is 1. The summed E-state index contributed by atoms with van der Waals surface area (Å²) in [5.74, 6) is 0.960. The topological polar surface area (TPSA) is 42.0 Å². The van der Waals surface area contributed by atoms with Crippen molar-refractivity contribution in [1.29, 1.82) is 0 Å². The van der Waals surface area contributed by atoms with E-state index in [0.29, 0.717) is 12.1 Å². The predicted molar refractivity (Wildman–Crippen MR) is 73.4 cm³/mol. The van der Waals surface area contributed by atoms with Crippen LogP contribution in [0.25, 0.3) is 0 Å². The maximum absolute atomic E-state index is 12.1. The lowest BCUT2D eigenvalue weighted by Crippen LogP contribution is -2.54. The minimum absolute atomic E-state index is 0.201. The molecule has 4 aliphatic rings. The molecule has 0 bridgehead atoms. The van der Waals surface area contributed by atoms with Crippen LogP contribution in [0.1, 0.15) is 25.7 Å². The van der Waals surface area contributed by atoms with E-state index in [1.165, 1.54) is 12.8 Å². The van der Waals surface area contributed by atoms with Gasteiger partial charge in [0.1, 0.15) is 6.61 Å². The van der Waals surface area contributed by atoms with Crippen LogP contribution in [0.3, 0.4) is 0 Å². The highest BCUT2D eigenvalue weighted by Gasteiger charge is 2.46. The van der Waals surface area contributed by atoms with Crippen LogP contribution in [-0.2, 0) is 14.3 Å². The first kappa shape index (κ1) is 13.0. The second kappa shape index (κ2) is 5.28. The van der Waals surface area contributed by atoms with Gasteiger partial charge in [0.05, 0.1) is 12.1 Å². The molecule has 4 rings (SSSR count). The van der Waals surface area contributed by atoms with E-state index in [1.807, 2.05) is 0 Å². The molecular weight excluding hydrogens is 256 g/mol. The number of hydrogen-bond acceptors (Lipinski definition) is 4. The van der Waals surface area contributed by atoms with Crippen LogP contribution in [0.15, 0.2) is 0 Å². The molecule has 0 aromatic heterocycles. The van der Waals surface area contributed by atoms with Crippen molar-refractivity contribution in [2.24, 2.45) is 5.92 Å². The summed E-state index contributed by atoms with van der Waals surface area (Å²) in [5, 5.41) is 0. The zero-order valence-corrected chi connectivity index (χ0v) is 12.0. The largest absolute Gasteiger partial charge is 0.381 e. The Morgan fingerprint density at radius 1 is 1.10 bits per heavy atom. The standard InChI is InChI=1S/C15H24N2O3/c18-15-10-20-14-9-16(12-3-5-19-6-4-12)8-13(14)17(15)7-11-1-2-11/h11-14H,1-10H2/t13-,14+/m1/s1. The van der Waals surface area contributed by atoms with Gasteiger partial charge in [0.25, 0.3) is 0 Å². The molecule has 1 amide bonds. The molecule has 20 heavy (non-hydrogen) atoms. The molecule has 4 fully saturated rings. The summed E-state index contributed by atoms with van der Waals surface area (Å²) in [5.41, 5.74) is 0. The van der Waals surface area contributed by atoms with Crippen LogP contribution >= 0.6 is 0 Å². The first-order valence-electron chi connectivity index (χ1n) is 8.04. The normalized spacial score (nSPS) is 36.4. The monoisotopic (exact) mass is 280 g/mol. The Labute approximate surface area is 120 Å². The highest BCUT2D eigenvalue weighted by molar-refractivity contribution is 5.78. The number of fused-ring (bicyclic) bond motifs is 1. The Morgan fingerprint density at radius 3 is 2.65 bits per heavy atom. The third-order valence-electron chi connectivity index (χ3n) is 5.27. The van der Waals surface area contributed by atoms with Crippen LogP contribution in [0.4, 0.5) is 0 Å². The first-order valence-corrected chi connectivity index (χ1v) is 8.04. The Balaban J connectivity index is 1.43. The number of morpholine rings is 1. The predicted octanol–water partition coefficient (Wildman–Crippen LogP) is 0.487. The molecule has 0 aromatic carbocycles. The fourth-order valence-corrected chi connectivity index (χ4v) is 3.86. The van der Waals surface area contributed by atoms with Gasteiger partial charge in [-0.3, -0.25) is 9.69 Å². The maximum Gasteiger partial charge on any atom is 0.248 e. The van der Waals surface area contributed by atoms with Crippen LogP contribution in [0.2, 0.25) is 0 Å². The lowest BCUT2D eigenvalue weighted by atomic mass is 10.1. The summed E-state index contributed by atoms with van der Waals surface area (Å²) in [4.78, 5) is 16.8. The van der Waals surface area contributed by atoms with Gasteiger partial charge in [-0.25, -0.2) is 0 Å². The Morgan fingerprint density at radius 2 is 1.90 bits per heavy atom. The van der Waals surface area contributed by atoms with E-state index < -0.39 is 0 Å². The number of nitrogens with zero attached hydrogens (tertiary/aromatic N) is 2. The fraction of sp³-hybridized carbons (Fsp3) is 0.933. The number of amides is 1. The summed E-state index contributed by atoms with van der Waals surface area (Å²) in [6.45, 7) is 4.99. The lowest BCUT2D eigenvalue weighted by molar-refractivity contribution is -0.153. The van der Waals surface area contributed by atoms with E-state index in [9.17, 15) is 4.79 Å². The minimum atomic E-state index is 0.201. The highest BCUT2D eigenvalue weighted by Crippen LogP contribution is 2.34. The van der Waals surface area contributed by atoms with Gasteiger partial charge in [0.15, 0.2) is 0 Å². The molecule has 0 unspecified atom stereocenters. The second-order valence-corrected chi connectivity index (χ2v) is 6.70. The van der Waals surface area contributed by atoms with Gasteiger partial charge in [-0.15, -0.1) is 0 Å². The molecule has 0 spiro atoms. The Bertz CT molecular complexity index is 379. The summed E-state index contributed by atoms with van der Waals surface area (Å²) in [6, 6.07) is 0.913. The van der Waals surface area contributed by atoms with Crippen molar-refractivity contribution >= 4 is 5.91 Å². The number of carbonyl (C=O) groups excluding carboxylic acids is 1. The van der Waals surface area contributed by atoms with Crippen molar-refractivity contribution in [1.82, 2.24) is 9.80 Å². The highest BCUT2D eigenvalue weighted by atomic mass is 16.5. The summed E-state index contributed by atoms with van der Waals surface area (Å²) in [7, 11) is 0. The molecule has 0 radical (unpaired) electrons. The van der Waals surface area contributed by atoms with E-state index in [1.54, 1.807) is 0 Å². The SMILES string of the molecule is O=C1CO[C@H]2CN(C3CCOCC3)C[C@H]2N1CC1CC1. The van der Waals surface area contributed by atoms with Crippen molar-refractivity contribution in [3.63, 3.8) is 0 Å². The smallest absolute Gasteiger partial charge is 0.248 e. The zero-order chi connectivity index (χ0) is 13.5. The van der Waals surface area contributed by atoms with Gasteiger partial charge in [0, 0.05) is 38.9 Å². The van der Waals surface area contributed by atoms with E-state index in [2.05, 4.69) is 9.80 Å². The molecule has 1 aliphatic carbocycles. The zero-order valence-electron chi connectivity index (χ0n) is 12.0. The van der Waals surface area contributed by atoms with Crippen molar-refractivity contribution < 1.29 is 14.3 Å². The molecule has 5 heteroatoms. The maximum atomic E-state index is 12.1. The van der Waals surface area contributed by atoms with E-state index in [0.717, 1.165) is 51.6 Å². The molecule has 5 nitrogen and oxygen atoms in total. The minimum Gasteiger partial charge on any atom is -0.381 e. The number of ether oxygens (including phenoxy) is 2. The molecule has 2 atom stereocenters. The number of hydrogen-bond donors (Lipinski definition) is 0.